The number of methoxy groups -OCH3 is 1. The maximum absolute atomic E-state index is 13.2. The van der Waals surface area contributed by atoms with Crippen molar-refractivity contribution in [1.29, 1.82) is 5.26 Å². The molecule has 34 heavy (non-hydrogen) atoms. The van der Waals surface area contributed by atoms with Crippen molar-refractivity contribution in [2.24, 2.45) is 0 Å². The first kappa shape index (κ1) is 23.4. The highest BCUT2D eigenvalue weighted by molar-refractivity contribution is 5.95. The lowest BCUT2D eigenvalue weighted by molar-refractivity contribution is -0.117. The first-order chi connectivity index (χ1) is 16.7. The predicted octanol–water partition coefficient (Wildman–Crippen LogP) is 3.34. The van der Waals surface area contributed by atoms with Gasteiger partial charge in [-0.3, -0.25) is 4.79 Å². The molecule has 4 rings (SSSR count). The van der Waals surface area contributed by atoms with Crippen molar-refractivity contribution in [1.82, 2.24) is 10.3 Å². The van der Waals surface area contributed by atoms with Crippen LogP contribution in [0.5, 0.6) is 0 Å². The van der Waals surface area contributed by atoms with E-state index in [-0.39, 0.29) is 17.9 Å². The van der Waals surface area contributed by atoms with Gasteiger partial charge in [-0.2, -0.15) is 5.26 Å². The molecule has 2 N–H and O–H groups in total. The Balaban J connectivity index is 1.33. The van der Waals surface area contributed by atoms with E-state index in [4.69, 9.17) is 10.00 Å². The van der Waals surface area contributed by atoms with Gasteiger partial charge in [-0.15, -0.1) is 0 Å². The lowest BCUT2D eigenvalue weighted by Gasteiger charge is -2.39. The van der Waals surface area contributed by atoms with Crippen molar-refractivity contribution in [3.8, 4) is 6.07 Å². The topological polar surface area (TPSA) is 90.3 Å². The summed E-state index contributed by atoms with van der Waals surface area (Å²) in [4.78, 5) is 19.8. The van der Waals surface area contributed by atoms with Gasteiger partial charge in [0.05, 0.1) is 35.5 Å². The molecule has 0 bridgehead atoms. The molecule has 0 aliphatic carbocycles. The Kier molecular flexibility index (Phi) is 7.87. The molecule has 1 aliphatic rings. The number of anilines is 2. The van der Waals surface area contributed by atoms with Crippen LogP contribution in [-0.4, -0.2) is 50.3 Å². The number of rotatable bonds is 10. The van der Waals surface area contributed by atoms with Gasteiger partial charge in [-0.25, -0.2) is 4.98 Å². The molecule has 1 aliphatic heterocycles. The predicted molar refractivity (Wildman–Crippen MR) is 133 cm³/mol. The highest BCUT2D eigenvalue weighted by Crippen LogP contribution is 2.23. The Morgan fingerprint density at radius 2 is 1.91 bits per heavy atom. The average Bonchev–Trinajstić information content (AvgIpc) is 2.85. The number of hydrogen-bond acceptors (Lipinski definition) is 6. The van der Waals surface area contributed by atoms with E-state index in [2.05, 4.69) is 26.6 Å². The van der Waals surface area contributed by atoms with Crippen molar-refractivity contribution in [2.75, 3.05) is 43.5 Å². The zero-order valence-electron chi connectivity index (χ0n) is 19.3. The highest BCUT2D eigenvalue weighted by Gasteiger charge is 2.27. The molecule has 2 heterocycles. The summed E-state index contributed by atoms with van der Waals surface area (Å²) < 4.78 is 5.32. The van der Waals surface area contributed by atoms with Crippen molar-refractivity contribution < 1.29 is 9.53 Å². The third kappa shape index (κ3) is 5.98. The number of pyridine rings is 1. The van der Waals surface area contributed by atoms with Gasteiger partial charge in [0.25, 0.3) is 0 Å². The number of nitrogens with zero attached hydrogens (tertiary/aromatic N) is 3. The fraction of sp³-hybridized carbons (Fsp3) is 0.296. The van der Waals surface area contributed by atoms with Gasteiger partial charge in [-0.05, 0) is 48.4 Å². The maximum Gasteiger partial charge on any atom is 0.234 e. The molecule has 1 unspecified atom stereocenters. The lowest BCUT2D eigenvalue weighted by atomic mass is 9.98. The van der Waals surface area contributed by atoms with Gasteiger partial charge in [0.15, 0.2) is 0 Å². The second-order valence-electron chi connectivity index (χ2n) is 8.38. The molecular weight excluding hydrogens is 426 g/mol. The third-order valence-corrected chi connectivity index (χ3v) is 6.09. The molecule has 3 aromatic rings. The molecule has 0 spiro atoms. The monoisotopic (exact) mass is 455 g/mol. The van der Waals surface area contributed by atoms with Crippen molar-refractivity contribution >= 4 is 17.4 Å². The zero-order valence-corrected chi connectivity index (χ0v) is 19.3. The molecule has 7 nitrogen and oxygen atoms in total. The van der Waals surface area contributed by atoms with E-state index in [0.717, 1.165) is 42.9 Å². The van der Waals surface area contributed by atoms with Crippen LogP contribution in [-0.2, 0) is 16.0 Å². The number of nitrogens with one attached hydrogen (secondary N) is 2. The van der Waals surface area contributed by atoms with Crippen LogP contribution in [0.2, 0.25) is 0 Å². The summed E-state index contributed by atoms with van der Waals surface area (Å²) in [6, 6.07) is 23.3. The molecular formula is C27H29N5O2. The van der Waals surface area contributed by atoms with Crippen LogP contribution < -0.4 is 15.5 Å². The summed E-state index contributed by atoms with van der Waals surface area (Å²) in [5.74, 6) is 0.0956. The van der Waals surface area contributed by atoms with Gasteiger partial charge >= 0.3 is 0 Å². The number of amides is 1. The minimum absolute atomic E-state index is 0.0966. The Morgan fingerprint density at radius 1 is 1.15 bits per heavy atom. The molecule has 1 fully saturated rings. The molecule has 174 valence electrons. The van der Waals surface area contributed by atoms with Gasteiger partial charge in [0.2, 0.25) is 5.91 Å². The van der Waals surface area contributed by atoms with Gasteiger partial charge < -0.3 is 20.3 Å². The number of benzene rings is 2. The van der Waals surface area contributed by atoms with Crippen LogP contribution in [0, 0.1) is 11.3 Å². The standard InChI is InChI=1S/C27H29N5O2/c1-34-24-18-32(19-24)23-11-12-26(30-16-23)31-27(33)25(22-5-3-2-4-6-22)17-29-14-13-20-7-9-21(15-28)10-8-20/h2-12,16,24-25,29H,13-14,17-19H2,1H3,(H,30,31,33). The van der Waals surface area contributed by atoms with Gasteiger partial charge in [0, 0.05) is 26.7 Å². The molecule has 1 aromatic heterocycles. The van der Waals surface area contributed by atoms with E-state index < -0.39 is 0 Å². The quantitative estimate of drug-likeness (QED) is 0.456. The number of carbonyl (C=O) groups excluding carboxylic acids is 1. The Morgan fingerprint density at radius 3 is 2.56 bits per heavy atom. The second-order valence-corrected chi connectivity index (χ2v) is 8.38. The van der Waals surface area contributed by atoms with E-state index in [9.17, 15) is 4.79 Å². The molecule has 0 saturated carbocycles. The fourth-order valence-corrected chi connectivity index (χ4v) is 3.93. The molecule has 0 radical (unpaired) electrons. The van der Waals surface area contributed by atoms with Gasteiger partial charge in [0.1, 0.15) is 5.82 Å². The van der Waals surface area contributed by atoms with E-state index in [0.29, 0.717) is 17.9 Å². The smallest absolute Gasteiger partial charge is 0.234 e. The van der Waals surface area contributed by atoms with E-state index in [1.165, 1.54) is 0 Å². The summed E-state index contributed by atoms with van der Waals surface area (Å²) >= 11 is 0. The molecule has 2 aromatic carbocycles. The van der Waals surface area contributed by atoms with Gasteiger partial charge in [-0.1, -0.05) is 42.5 Å². The van der Waals surface area contributed by atoms with E-state index >= 15 is 0 Å². The highest BCUT2D eigenvalue weighted by atomic mass is 16.5. The minimum Gasteiger partial charge on any atom is -0.378 e. The SMILES string of the molecule is COC1CN(c2ccc(NC(=O)C(CNCCc3ccc(C#N)cc3)c3ccccc3)nc2)C1. The third-order valence-electron chi connectivity index (χ3n) is 6.09. The van der Waals surface area contributed by atoms with E-state index in [1.807, 2.05) is 66.7 Å². The summed E-state index contributed by atoms with van der Waals surface area (Å²) in [7, 11) is 1.73. The molecule has 7 heteroatoms. The Labute approximate surface area is 200 Å². The average molecular weight is 456 g/mol. The van der Waals surface area contributed by atoms with Crippen molar-refractivity contribution in [2.45, 2.75) is 18.4 Å². The first-order valence-electron chi connectivity index (χ1n) is 11.5. The van der Waals surface area contributed by atoms with Crippen LogP contribution >= 0.6 is 0 Å². The van der Waals surface area contributed by atoms with Crippen LogP contribution in [0.25, 0.3) is 0 Å². The second kappa shape index (κ2) is 11.4. The van der Waals surface area contributed by atoms with Crippen LogP contribution in [0.3, 0.4) is 0 Å². The lowest BCUT2D eigenvalue weighted by Crippen LogP contribution is -2.51. The van der Waals surface area contributed by atoms with Crippen molar-refractivity contribution in [3.63, 3.8) is 0 Å². The molecule has 1 atom stereocenters. The Hall–Kier alpha value is -3.73. The number of ether oxygens (including phenoxy) is 1. The summed E-state index contributed by atoms with van der Waals surface area (Å²) in [6.07, 6.45) is 2.88. The number of aromatic nitrogens is 1. The normalized spacial score (nSPS) is 14.2. The summed E-state index contributed by atoms with van der Waals surface area (Å²) in [5, 5.41) is 15.3. The van der Waals surface area contributed by atoms with Crippen LogP contribution in [0.1, 0.15) is 22.6 Å². The largest absolute Gasteiger partial charge is 0.378 e. The van der Waals surface area contributed by atoms with Crippen LogP contribution in [0.15, 0.2) is 72.9 Å². The maximum atomic E-state index is 13.2. The Bertz CT molecular complexity index is 1100. The minimum atomic E-state index is -0.346. The first-order valence-corrected chi connectivity index (χ1v) is 11.5. The number of nitriles is 1. The number of carbonyl (C=O) groups is 1. The van der Waals surface area contributed by atoms with Crippen molar-refractivity contribution in [3.05, 3.63) is 89.6 Å². The molecule has 1 saturated heterocycles. The summed E-state index contributed by atoms with van der Waals surface area (Å²) in [5.41, 5.74) is 3.78. The van der Waals surface area contributed by atoms with Crippen LogP contribution in [0.4, 0.5) is 11.5 Å². The molecule has 1 amide bonds. The summed E-state index contributed by atoms with van der Waals surface area (Å²) in [6.45, 7) is 2.95. The number of hydrogen-bond donors (Lipinski definition) is 2. The zero-order chi connectivity index (χ0) is 23.8. The van der Waals surface area contributed by atoms with E-state index in [1.54, 1.807) is 13.3 Å². The fourth-order valence-electron chi connectivity index (χ4n) is 3.93.